The van der Waals surface area contributed by atoms with Crippen LogP contribution in [0.3, 0.4) is 0 Å². The van der Waals surface area contributed by atoms with Crippen molar-refractivity contribution in [1.29, 1.82) is 0 Å². The van der Waals surface area contributed by atoms with Gasteiger partial charge in [-0.05, 0) is 36.6 Å². The van der Waals surface area contributed by atoms with Crippen LogP contribution in [0.2, 0.25) is 0 Å². The van der Waals surface area contributed by atoms with Crippen LogP contribution in [0.15, 0.2) is 18.2 Å². The average molecular weight is 221 g/mol. The second-order valence-electron chi connectivity index (χ2n) is 4.52. The molecule has 0 saturated carbocycles. The summed E-state index contributed by atoms with van der Waals surface area (Å²) in [5, 5.41) is 12.1. The zero-order valence-corrected chi connectivity index (χ0v) is 10.2. The van der Waals surface area contributed by atoms with Crippen LogP contribution >= 0.6 is 0 Å². The molecule has 0 aliphatic rings. The molecule has 1 aromatic carbocycles. The molecule has 0 heterocycles. The highest BCUT2D eigenvalue weighted by Crippen LogP contribution is 2.21. The summed E-state index contributed by atoms with van der Waals surface area (Å²) in [6.45, 7) is 7.81. The Hall–Kier alpha value is -1.51. The molecule has 0 aromatic heterocycles. The SMILES string of the molecule is Cc1cc(O)ccc1NC(=O)C(C)C(C)C. The molecule has 1 aromatic rings. The van der Waals surface area contributed by atoms with E-state index in [0.29, 0.717) is 5.92 Å². The van der Waals surface area contributed by atoms with E-state index >= 15 is 0 Å². The molecular weight excluding hydrogens is 202 g/mol. The minimum Gasteiger partial charge on any atom is -0.508 e. The third kappa shape index (κ3) is 2.99. The largest absolute Gasteiger partial charge is 0.508 e. The summed E-state index contributed by atoms with van der Waals surface area (Å²) in [5.74, 6) is 0.529. The van der Waals surface area contributed by atoms with Crippen LogP contribution in [0.25, 0.3) is 0 Å². The Labute approximate surface area is 96.5 Å². The molecule has 0 bridgehead atoms. The zero-order valence-electron chi connectivity index (χ0n) is 10.2. The molecule has 2 N–H and O–H groups in total. The first kappa shape index (κ1) is 12.6. The summed E-state index contributed by atoms with van der Waals surface area (Å²) in [4.78, 5) is 11.8. The van der Waals surface area contributed by atoms with Gasteiger partial charge in [0.25, 0.3) is 0 Å². The highest BCUT2D eigenvalue weighted by molar-refractivity contribution is 5.93. The highest BCUT2D eigenvalue weighted by atomic mass is 16.3. The van der Waals surface area contributed by atoms with Crippen LogP contribution in [0.5, 0.6) is 5.75 Å². The summed E-state index contributed by atoms with van der Waals surface area (Å²) in [6, 6.07) is 4.92. The number of rotatable bonds is 3. The maximum absolute atomic E-state index is 11.8. The third-order valence-electron chi connectivity index (χ3n) is 2.88. The standard InChI is InChI=1S/C13H19NO2/c1-8(2)10(4)13(16)14-12-6-5-11(15)7-9(12)3/h5-8,10,15H,1-4H3,(H,14,16). The molecule has 16 heavy (non-hydrogen) atoms. The van der Waals surface area contributed by atoms with Gasteiger partial charge < -0.3 is 10.4 Å². The second kappa shape index (κ2) is 5.01. The van der Waals surface area contributed by atoms with Crippen molar-refractivity contribution in [1.82, 2.24) is 0 Å². The average Bonchev–Trinajstić information content (AvgIpc) is 2.20. The fourth-order valence-corrected chi connectivity index (χ4v) is 1.34. The van der Waals surface area contributed by atoms with Crippen LogP contribution in [0.4, 0.5) is 5.69 Å². The lowest BCUT2D eigenvalue weighted by molar-refractivity contribution is -0.120. The fourth-order valence-electron chi connectivity index (χ4n) is 1.34. The molecular formula is C13H19NO2. The van der Waals surface area contributed by atoms with Gasteiger partial charge >= 0.3 is 0 Å². The van der Waals surface area contributed by atoms with Gasteiger partial charge in [0.15, 0.2) is 0 Å². The Kier molecular flexibility index (Phi) is 3.93. The first-order valence-electron chi connectivity index (χ1n) is 5.52. The van der Waals surface area contributed by atoms with Crippen molar-refractivity contribution in [2.45, 2.75) is 27.7 Å². The van der Waals surface area contributed by atoms with Gasteiger partial charge in [0.05, 0.1) is 0 Å². The Morgan fingerprint density at radius 3 is 2.44 bits per heavy atom. The second-order valence-corrected chi connectivity index (χ2v) is 4.52. The summed E-state index contributed by atoms with van der Waals surface area (Å²) in [6.07, 6.45) is 0. The van der Waals surface area contributed by atoms with Gasteiger partial charge in [-0.3, -0.25) is 4.79 Å². The lowest BCUT2D eigenvalue weighted by Crippen LogP contribution is -2.24. The number of carbonyl (C=O) groups is 1. The first-order valence-corrected chi connectivity index (χ1v) is 5.52. The summed E-state index contributed by atoms with van der Waals surface area (Å²) >= 11 is 0. The summed E-state index contributed by atoms with van der Waals surface area (Å²) < 4.78 is 0. The fraction of sp³-hybridized carbons (Fsp3) is 0.462. The van der Waals surface area contributed by atoms with Crippen molar-refractivity contribution in [3.63, 3.8) is 0 Å². The van der Waals surface area contributed by atoms with E-state index in [1.807, 2.05) is 27.7 Å². The van der Waals surface area contributed by atoms with E-state index in [0.717, 1.165) is 11.3 Å². The molecule has 0 aliphatic heterocycles. The Morgan fingerprint density at radius 1 is 1.31 bits per heavy atom. The minimum absolute atomic E-state index is 0.0174. The minimum atomic E-state index is -0.0202. The van der Waals surface area contributed by atoms with Crippen molar-refractivity contribution in [3.05, 3.63) is 23.8 Å². The number of phenolic OH excluding ortho intramolecular Hbond substituents is 1. The Balaban J connectivity index is 2.77. The highest BCUT2D eigenvalue weighted by Gasteiger charge is 2.17. The van der Waals surface area contributed by atoms with Crippen LogP contribution < -0.4 is 5.32 Å². The van der Waals surface area contributed by atoms with Crippen molar-refractivity contribution < 1.29 is 9.90 Å². The van der Waals surface area contributed by atoms with Gasteiger partial charge in [0.2, 0.25) is 5.91 Å². The zero-order chi connectivity index (χ0) is 12.3. The lowest BCUT2D eigenvalue weighted by atomic mass is 9.97. The molecule has 3 heteroatoms. The molecule has 0 spiro atoms. The number of carbonyl (C=O) groups excluding carboxylic acids is 1. The molecule has 88 valence electrons. The lowest BCUT2D eigenvalue weighted by Gasteiger charge is -2.16. The van der Waals surface area contributed by atoms with E-state index in [9.17, 15) is 9.90 Å². The maximum Gasteiger partial charge on any atom is 0.227 e. The first-order chi connectivity index (χ1) is 7.41. The molecule has 1 amide bonds. The molecule has 0 saturated heterocycles. The van der Waals surface area contributed by atoms with Crippen LogP contribution in [-0.2, 0) is 4.79 Å². The molecule has 0 aliphatic carbocycles. The summed E-state index contributed by atoms with van der Waals surface area (Å²) in [7, 11) is 0. The van der Waals surface area contributed by atoms with Crippen LogP contribution in [0.1, 0.15) is 26.3 Å². The number of aromatic hydroxyl groups is 1. The van der Waals surface area contributed by atoms with Gasteiger partial charge in [0.1, 0.15) is 5.75 Å². The van der Waals surface area contributed by atoms with Gasteiger partial charge in [0, 0.05) is 11.6 Å². The smallest absolute Gasteiger partial charge is 0.227 e. The topological polar surface area (TPSA) is 49.3 Å². The maximum atomic E-state index is 11.8. The number of phenols is 1. The predicted octanol–water partition coefficient (Wildman–Crippen LogP) is 2.93. The predicted molar refractivity (Wildman–Crippen MR) is 65.5 cm³/mol. The van der Waals surface area contributed by atoms with Gasteiger partial charge in [-0.25, -0.2) is 0 Å². The summed E-state index contributed by atoms with van der Waals surface area (Å²) in [5.41, 5.74) is 1.62. The van der Waals surface area contributed by atoms with E-state index in [2.05, 4.69) is 5.32 Å². The number of nitrogens with one attached hydrogen (secondary N) is 1. The molecule has 1 atom stereocenters. The van der Waals surface area contributed by atoms with Crippen LogP contribution in [0, 0.1) is 18.8 Å². The van der Waals surface area contributed by atoms with Crippen molar-refractivity contribution >= 4 is 11.6 Å². The van der Waals surface area contributed by atoms with E-state index in [4.69, 9.17) is 0 Å². The van der Waals surface area contributed by atoms with E-state index in [1.165, 1.54) is 0 Å². The number of hydrogen-bond acceptors (Lipinski definition) is 2. The van der Waals surface area contributed by atoms with Gasteiger partial charge in [-0.1, -0.05) is 20.8 Å². The van der Waals surface area contributed by atoms with E-state index in [1.54, 1.807) is 18.2 Å². The molecule has 1 rings (SSSR count). The number of hydrogen-bond donors (Lipinski definition) is 2. The Bertz CT molecular complexity index is 386. The van der Waals surface area contributed by atoms with Gasteiger partial charge in [-0.2, -0.15) is 0 Å². The normalized spacial score (nSPS) is 12.6. The molecule has 0 fully saturated rings. The Morgan fingerprint density at radius 2 is 1.94 bits per heavy atom. The molecule has 0 radical (unpaired) electrons. The van der Waals surface area contributed by atoms with Crippen molar-refractivity contribution in [3.8, 4) is 5.75 Å². The van der Waals surface area contributed by atoms with Crippen LogP contribution in [-0.4, -0.2) is 11.0 Å². The van der Waals surface area contributed by atoms with Crippen molar-refractivity contribution in [2.75, 3.05) is 5.32 Å². The third-order valence-corrected chi connectivity index (χ3v) is 2.88. The number of anilines is 1. The van der Waals surface area contributed by atoms with Crippen molar-refractivity contribution in [2.24, 2.45) is 11.8 Å². The van der Waals surface area contributed by atoms with E-state index < -0.39 is 0 Å². The molecule has 3 nitrogen and oxygen atoms in total. The number of amides is 1. The number of benzene rings is 1. The van der Waals surface area contributed by atoms with Gasteiger partial charge in [-0.15, -0.1) is 0 Å². The molecule has 1 unspecified atom stereocenters. The van der Waals surface area contributed by atoms with E-state index in [-0.39, 0.29) is 17.6 Å². The quantitative estimate of drug-likeness (QED) is 0.771. The monoisotopic (exact) mass is 221 g/mol. The number of aryl methyl sites for hydroxylation is 1.